The second kappa shape index (κ2) is 4.50. The normalized spacial score (nSPS) is 19.7. The monoisotopic (exact) mass is 296 g/mol. The third kappa shape index (κ3) is 2.31. The van der Waals surface area contributed by atoms with Gasteiger partial charge in [-0.3, -0.25) is 0 Å². The molecular formula is C12H12N2O3S2. The molecule has 0 saturated carbocycles. The SMILES string of the molecule is CS(=O)(=O)N1N=C(c2ccco2)C[C@@H]1c1cccs1. The van der Waals surface area contributed by atoms with Gasteiger partial charge in [0.25, 0.3) is 0 Å². The summed E-state index contributed by atoms with van der Waals surface area (Å²) >= 11 is 1.53. The van der Waals surface area contributed by atoms with E-state index in [4.69, 9.17) is 4.42 Å². The van der Waals surface area contributed by atoms with Crippen molar-refractivity contribution in [1.82, 2.24) is 4.41 Å². The fourth-order valence-corrected chi connectivity index (χ4v) is 3.85. The van der Waals surface area contributed by atoms with Gasteiger partial charge in [0.05, 0.1) is 12.5 Å². The van der Waals surface area contributed by atoms with Crippen molar-refractivity contribution in [1.29, 1.82) is 0 Å². The second-order valence-electron chi connectivity index (χ2n) is 4.29. The number of nitrogens with zero attached hydrogens (tertiary/aromatic N) is 2. The van der Waals surface area contributed by atoms with E-state index < -0.39 is 10.0 Å². The summed E-state index contributed by atoms with van der Waals surface area (Å²) in [6.07, 6.45) is 3.25. The molecule has 0 unspecified atom stereocenters. The zero-order chi connectivity index (χ0) is 13.5. The minimum atomic E-state index is -3.39. The summed E-state index contributed by atoms with van der Waals surface area (Å²) in [6, 6.07) is 7.12. The predicted octanol–water partition coefficient (Wildman–Crippen LogP) is 2.45. The molecule has 3 rings (SSSR count). The van der Waals surface area contributed by atoms with E-state index in [0.717, 1.165) is 4.88 Å². The van der Waals surface area contributed by atoms with Gasteiger partial charge in [-0.05, 0) is 23.6 Å². The number of hydrazone groups is 1. The maximum atomic E-state index is 11.8. The van der Waals surface area contributed by atoms with Gasteiger partial charge < -0.3 is 4.42 Å². The van der Waals surface area contributed by atoms with Crippen molar-refractivity contribution in [2.45, 2.75) is 12.5 Å². The minimum Gasteiger partial charge on any atom is -0.463 e. The zero-order valence-corrected chi connectivity index (χ0v) is 11.8. The molecule has 1 atom stereocenters. The highest BCUT2D eigenvalue weighted by molar-refractivity contribution is 7.88. The first kappa shape index (κ1) is 12.4. The van der Waals surface area contributed by atoms with Gasteiger partial charge in [-0.25, -0.2) is 8.42 Å². The molecule has 1 aliphatic heterocycles. The molecule has 0 fully saturated rings. The average molecular weight is 296 g/mol. The van der Waals surface area contributed by atoms with Crippen LogP contribution in [0.5, 0.6) is 0 Å². The lowest BCUT2D eigenvalue weighted by Gasteiger charge is -2.19. The van der Waals surface area contributed by atoms with Crippen LogP contribution in [0.15, 0.2) is 45.4 Å². The van der Waals surface area contributed by atoms with Crippen LogP contribution in [0.3, 0.4) is 0 Å². The van der Waals surface area contributed by atoms with E-state index in [0.29, 0.717) is 17.9 Å². The molecule has 2 aromatic rings. The van der Waals surface area contributed by atoms with Crippen LogP contribution in [0.25, 0.3) is 0 Å². The van der Waals surface area contributed by atoms with Crippen LogP contribution in [0.4, 0.5) is 0 Å². The molecule has 19 heavy (non-hydrogen) atoms. The van der Waals surface area contributed by atoms with Crippen molar-refractivity contribution in [2.24, 2.45) is 5.10 Å². The van der Waals surface area contributed by atoms with Crippen molar-refractivity contribution in [3.05, 3.63) is 46.5 Å². The molecule has 3 heterocycles. The fraction of sp³-hybridized carbons (Fsp3) is 0.250. The number of sulfonamides is 1. The van der Waals surface area contributed by atoms with Gasteiger partial charge >= 0.3 is 0 Å². The lowest BCUT2D eigenvalue weighted by Crippen LogP contribution is -2.25. The molecule has 0 saturated heterocycles. The van der Waals surface area contributed by atoms with Gasteiger partial charge in [0, 0.05) is 11.3 Å². The highest BCUT2D eigenvalue weighted by Crippen LogP contribution is 2.36. The van der Waals surface area contributed by atoms with E-state index in [1.54, 1.807) is 18.4 Å². The van der Waals surface area contributed by atoms with Gasteiger partial charge in [-0.1, -0.05) is 6.07 Å². The number of hydrogen-bond acceptors (Lipinski definition) is 5. The van der Waals surface area contributed by atoms with E-state index >= 15 is 0 Å². The third-order valence-electron chi connectivity index (χ3n) is 2.89. The quantitative estimate of drug-likeness (QED) is 0.874. The number of rotatable bonds is 3. The van der Waals surface area contributed by atoms with Gasteiger partial charge in [0.1, 0.15) is 17.5 Å². The lowest BCUT2D eigenvalue weighted by atomic mass is 10.1. The summed E-state index contributed by atoms with van der Waals surface area (Å²) in [7, 11) is -3.39. The number of hydrogen-bond donors (Lipinski definition) is 0. The van der Waals surface area contributed by atoms with Crippen LogP contribution in [-0.2, 0) is 10.0 Å². The molecular weight excluding hydrogens is 284 g/mol. The maximum absolute atomic E-state index is 11.8. The molecule has 0 aliphatic carbocycles. The van der Waals surface area contributed by atoms with Crippen LogP contribution >= 0.6 is 11.3 Å². The van der Waals surface area contributed by atoms with E-state index in [2.05, 4.69) is 5.10 Å². The summed E-state index contributed by atoms with van der Waals surface area (Å²) in [4.78, 5) is 0.982. The smallest absolute Gasteiger partial charge is 0.247 e. The molecule has 0 bridgehead atoms. The average Bonchev–Trinajstić information content (AvgIpc) is 3.09. The molecule has 100 valence electrons. The summed E-state index contributed by atoms with van der Waals surface area (Å²) in [5.74, 6) is 0.618. The van der Waals surface area contributed by atoms with Gasteiger partial charge in [-0.15, -0.1) is 11.3 Å². The number of furan rings is 1. The Hall–Kier alpha value is -1.60. The number of thiophene rings is 1. The Morgan fingerprint density at radius 3 is 2.84 bits per heavy atom. The van der Waals surface area contributed by atoms with E-state index in [1.165, 1.54) is 22.0 Å². The van der Waals surface area contributed by atoms with Gasteiger partial charge in [-0.2, -0.15) is 9.52 Å². The molecule has 0 amide bonds. The molecule has 0 N–H and O–H groups in total. The Bertz CT molecular complexity index is 687. The van der Waals surface area contributed by atoms with Gasteiger partial charge in [0.15, 0.2) is 0 Å². The summed E-state index contributed by atoms with van der Waals surface area (Å²) < 4.78 is 30.2. The summed E-state index contributed by atoms with van der Waals surface area (Å²) in [5, 5.41) is 6.15. The molecule has 0 spiro atoms. The van der Waals surface area contributed by atoms with E-state index in [9.17, 15) is 8.42 Å². The second-order valence-corrected chi connectivity index (χ2v) is 7.11. The van der Waals surface area contributed by atoms with Crippen molar-refractivity contribution in [2.75, 3.05) is 6.26 Å². The van der Waals surface area contributed by atoms with Crippen molar-refractivity contribution >= 4 is 27.1 Å². The third-order valence-corrected chi connectivity index (χ3v) is 4.88. The van der Waals surface area contributed by atoms with Crippen LogP contribution < -0.4 is 0 Å². The zero-order valence-electron chi connectivity index (χ0n) is 10.2. The van der Waals surface area contributed by atoms with Crippen molar-refractivity contribution in [3.8, 4) is 0 Å². The van der Waals surface area contributed by atoms with E-state index in [-0.39, 0.29) is 6.04 Å². The lowest BCUT2D eigenvalue weighted by molar-refractivity contribution is 0.379. The first-order valence-corrected chi connectivity index (χ1v) is 8.42. The fourth-order valence-electron chi connectivity index (χ4n) is 2.08. The van der Waals surface area contributed by atoms with Crippen molar-refractivity contribution < 1.29 is 12.8 Å². The topological polar surface area (TPSA) is 62.9 Å². The molecule has 5 nitrogen and oxygen atoms in total. The van der Waals surface area contributed by atoms with Crippen LogP contribution in [-0.4, -0.2) is 24.8 Å². The van der Waals surface area contributed by atoms with Crippen LogP contribution in [0.1, 0.15) is 23.1 Å². The molecule has 1 aliphatic rings. The van der Waals surface area contributed by atoms with Crippen molar-refractivity contribution in [3.63, 3.8) is 0 Å². The summed E-state index contributed by atoms with van der Waals surface area (Å²) in [5.41, 5.74) is 0.661. The largest absolute Gasteiger partial charge is 0.463 e. The maximum Gasteiger partial charge on any atom is 0.247 e. The molecule has 0 radical (unpaired) electrons. The Morgan fingerprint density at radius 2 is 2.26 bits per heavy atom. The Labute approximate surface area is 115 Å². The van der Waals surface area contributed by atoms with Crippen LogP contribution in [0, 0.1) is 0 Å². The van der Waals surface area contributed by atoms with Gasteiger partial charge in [0.2, 0.25) is 10.0 Å². The van der Waals surface area contributed by atoms with E-state index in [1.807, 2.05) is 17.5 Å². The molecule has 0 aromatic carbocycles. The first-order chi connectivity index (χ1) is 9.05. The Morgan fingerprint density at radius 1 is 1.42 bits per heavy atom. The van der Waals surface area contributed by atoms with Crippen LogP contribution in [0.2, 0.25) is 0 Å². The first-order valence-electron chi connectivity index (χ1n) is 5.70. The minimum absolute atomic E-state index is 0.268. The molecule has 7 heteroatoms. The highest BCUT2D eigenvalue weighted by Gasteiger charge is 2.35. The Kier molecular flexibility index (Phi) is 2.94. The Balaban J connectivity index is 2.00. The summed E-state index contributed by atoms with van der Waals surface area (Å²) in [6.45, 7) is 0. The highest BCUT2D eigenvalue weighted by atomic mass is 32.2. The predicted molar refractivity (Wildman–Crippen MR) is 73.6 cm³/mol. The standard InChI is InChI=1S/C12H12N2O3S2/c1-19(15,16)14-10(12-5-3-7-18-12)8-9(13-14)11-4-2-6-17-11/h2-7,10H,8H2,1H3/t10-/m1/s1. The molecule has 2 aromatic heterocycles.